The maximum atomic E-state index is 13.8. The van der Waals surface area contributed by atoms with Crippen LogP contribution in [0.2, 0.25) is 0 Å². The fourth-order valence-electron chi connectivity index (χ4n) is 4.56. The lowest BCUT2D eigenvalue weighted by molar-refractivity contribution is 0.0613. The van der Waals surface area contributed by atoms with Crippen LogP contribution >= 0.6 is 0 Å². The predicted molar refractivity (Wildman–Crippen MR) is 114 cm³/mol. The molecular formula is C24H28N4O. The Balaban J connectivity index is 1.57. The second-order valence-electron chi connectivity index (χ2n) is 8.39. The Labute approximate surface area is 171 Å². The molecule has 5 rings (SSSR count). The maximum Gasteiger partial charge on any atom is 0.255 e. The number of nitrogens with zero attached hydrogens (tertiary/aromatic N) is 4. The minimum Gasteiger partial charge on any atom is -0.332 e. The Kier molecular flexibility index (Phi) is 4.82. The van der Waals surface area contributed by atoms with Crippen LogP contribution in [0, 0.1) is 0 Å². The van der Waals surface area contributed by atoms with Crippen molar-refractivity contribution in [3.63, 3.8) is 0 Å². The lowest BCUT2D eigenvalue weighted by atomic mass is 9.94. The van der Waals surface area contributed by atoms with Crippen LogP contribution < -0.4 is 0 Å². The van der Waals surface area contributed by atoms with Crippen LogP contribution in [0.4, 0.5) is 0 Å². The summed E-state index contributed by atoms with van der Waals surface area (Å²) in [6.07, 6.45) is 8.43. The van der Waals surface area contributed by atoms with Gasteiger partial charge in [-0.05, 0) is 50.2 Å². The monoisotopic (exact) mass is 388 g/mol. The number of hydrogen-bond donors (Lipinski definition) is 0. The summed E-state index contributed by atoms with van der Waals surface area (Å²) < 4.78 is 1.96. The number of rotatable bonds is 5. The number of aryl methyl sites for hydroxylation is 1. The Morgan fingerprint density at radius 2 is 1.97 bits per heavy atom. The summed E-state index contributed by atoms with van der Waals surface area (Å²) in [5, 5.41) is 5.45. The van der Waals surface area contributed by atoms with Gasteiger partial charge in [-0.3, -0.25) is 4.79 Å². The summed E-state index contributed by atoms with van der Waals surface area (Å²) >= 11 is 0. The smallest absolute Gasteiger partial charge is 0.255 e. The van der Waals surface area contributed by atoms with E-state index in [1.807, 2.05) is 16.9 Å². The number of likely N-dealkylation sites (tertiary alicyclic amines) is 1. The molecule has 5 heteroatoms. The average Bonchev–Trinajstić information content (AvgIpc) is 3.55. The summed E-state index contributed by atoms with van der Waals surface area (Å²) in [6.45, 7) is 3.78. The lowest BCUT2D eigenvalue weighted by Gasteiger charge is -2.36. The number of hydrogen-bond acceptors (Lipinski definition) is 3. The quantitative estimate of drug-likeness (QED) is 0.612. The SMILES string of the molecule is CCCn1ncc2c(C(=O)N3CCCC[C@@H]3c3ccccc3)cc(C3CC3)nc21. The first-order valence-corrected chi connectivity index (χ1v) is 11.0. The molecule has 0 radical (unpaired) electrons. The maximum absolute atomic E-state index is 13.8. The van der Waals surface area contributed by atoms with Crippen molar-refractivity contribution < 1.29 is 4.79 Å². The van der Waals surface area contributed by atoms with Gasteiger partial charge in [0.05, 0.1) is 23.2 Å². The van der Waals surface area contributed by atoms with E-state index in [2.05, 4.69) is 47.3 Å². The highest BCUT2D eigenvalue weighted by Gasteiger charge is 2.32. The summed E-state index contributed by atoms with van der Waals surface area (Å²) in [5.74, 6) is 0.631. The van der Waals surface area contributed by atoms with E-state index in [0.29, 0.717) is 5.92 Å². The zero-order valence-electron chi connectivity index (χ0n) is 17.1. The molecule has 5 nitrogen and oxygen atoms in total. The van der Waals surface area contributed by atoms with Crippen LogP contribution in [0.1, 0.15) is 79.0 Å². The Morgan fingerprint density at radius 1 is 1.14 bits per heavy atom. The molecule has 1 saturated carbocycles. The van der Waals surface area contributed by atoms with Gasteiger partial charge >= 0.3 is 0 Å². The van der Waals surface area contributed by atoms with Gasteiger partial charge in [0.1, 0.15) is 0 Å². The normalized spacial score (nSPS) is 19.6. The molecule has 1 atom stereocenters. The third-order valence-electron chi connectivity index (χ3n) is 6.24. The van der Waals surface area contributed by atoms with Crippen LogP contribution in [0.5, 0.6) is 0 Å². The van der Waals surface area contributed by atoms with E-state index in [0.717, 1.165) is 61.1 Å². The largest absolute Gasteiger partial charge is 0.332 e. The van der Waals surface area contributed by atoms with E-state index in [1.54, 1.807) is 0 Å². The summed E-state index contributed by atoms with van der Waals surface area (Å²) in [7, 11) is 0. The molecule has 3 aromatic rings. The highest BCUT2D eigenvalue weighted by atomic mass is 16.2. The molecule has 2 fully saturated rings. The number of fused-ring (bicyclic) bond motifs is 1. The van der Waals surface area contributed by atoms with Crippen molar-refractivity contribution in [1.82, 2.24) is 19.7 Å². The van der Waals surface area contributed by atoms with Crippen LogP contribution in [-0.2, 0) is 6.54 Å². The first-order chi connectivity index (χ1) is 14.3. The Bertz CT molecular complexity index is 1020. The van der Waals surface area contributed by atoms with Crippen LogP contribution in [-0.4, -0.2) is 32.1 Å². The molecule has 0 unspecified atom stereocenters. The van der Waals surface area contributed by atoms with Crippen molar-refractivity contribution in [1.29, 1.82) is 0 Å². The van der Waals surface area contributed by atoms with Gasteiger partial charge in [-0.1, -0.05) is 37.3 Å². The number of amides is 1. The molecule has 1 amide bonds. The number of carbonyl (C=O) groups is 1. The molecule has 1 aliphatic heterocycles. The number of pyridine rings is 1. The van der Waals surface area contributed by atoms with E-state index in [1.165, 1.54) is 18.4 Å². The molecular weight excluding hydrogens is 360 g/mol. The zero-order chi connectivity index (χ0) is 19.8. The summed E-state index contributed by atoms with van der Waals surface area (Å²) in [5.41, 5.74) is 3.94. The van der Waals surface area contributed by atoms with Crippen LogP contribution in [0.3, 0.4) is 0 Å². The number of aromatic nitrogens is 3. The highest BCUT2D eigenvalue weighted by Crippen LogP contribution is 2.41. The van der Waals surface area contributed by atoms with Gasteiger partial charge in [0.25, 0.3) is 5.91 Å². The summed E-state index contributed by atoms with van der Waals surface area (Å²) in [6, 6.07) is 12.7. The van der Waals surface area contributed by atoms with Gasteiger partial charge < -0.3 is 4.90 Å². The molecule has 2 aromatic heterocycles. The fourth-order valence-corrected chi connectivity index (χ4v) is 4.56. The van der Waals surface area contributed by atoms with Crippen molar-refractivity contribution in [2.45, 2.75) is 64.0 Å². The van der Waals surface area contributed by atoms with Gasteiger partial charge in [-0.25, -0.2) is 9.67 Å². The van der Waals surface area contributed by atoms with E-state index < -0.39 is 0 Å². The van der Waals surface area contributed by atoms with Crippen molar-refractivity contribution in [3.8, 4) is 0 Å². The van der Waals surface area contributed by atoms with Crippen molar-refractivity contribution in [2.75, 3.05) is 6.54 Å². The minimum atomic E-state index is 0.129. The fraction of sp³-hybridized carbons (Fsp3) is 0.458. The van der Waals surface area contributed by atoms with E-state index in [9.17, 15) is 4.79 Å². The van der Waals surface area contributed by atoms with Gasteiger partial charge in [0.2, 0.25) is 0 Å². The van der Waals surface area contributed by atoms with E-state index in [-0.39, 0.29) is 11.9 Å². The topological polar surface area (TPSA) is 51.0 Å². The first kappa shape index (κ1) is 18.3. The number of carbonyl (C=O) groups excluding carboxylic acids is 1. The van der Waals surface area contributed by atoms with Crippen molar-refractivity contribution in [3.05, 3.63) is 59.4 Å². The van der Waals surface area contributed by atoms with Gasteiger partial charge in [-0.2, -0.15) is 5.10 Å². The molecule has 2 aliphatic rings. The van der Waals surface area contributed by atoms with Crippen molar-refractivity contribution in [2.24, 2.45) is 0 Å². The van der Waals surface area contributed by atoms with Gasteiger partial charge in [0, 0.05) is 24.7 Å². The number of piperidine rings is 1. The zero-order valence-corrected chi connectivity index (χ0v) is 17.1. The van der Waals surface area contributed by atoms with E-state index in [4.69, 9.17) is 4.98 Å². The standard InChI is InChI=1S/C24H28N4O/c1-2-13-28-23-20(16-25-28)19(15-21(26-23)17-11-12-17)24(29)27-14-7-6-10-22(27)18-8-4-3-5-9-18/h3-5,8-9,15-17,22H,2,6-7,10-14H2,1H3/t22-/m1/s1. The Morgan fingerprint density at radius 3 is 2.72 bits per heavy atom. The molecule has 0 bridgehead atoms. The molecule has 0 spiro atoms. The van der Waals surface area contributed by atoms with Gasteiger partial charge in [0.15, 0.2) is 5.65 Å². The third kappa shape index (κ3) is 3.43. The average molecular weight is 389 g/mol. The van der Waals surface area contributed by atoms with Crippen molar-refractivity contribution >= 4 is 16.9 Å². The first-order valence-electron chi connectivity index (χ1n) is 11.0. The minimum absolute atomic E-state index is 0.129. The lowest BCUT2D eigenvalue weighted by Crippen LogP contribution is -2.38. The molecule has 1 saturated heterocycles. The van der Waals surface area contributed by atoms with Crippen LogP contribution in [0.25, 0.3) is 11.0 Å². The second kappa shape index (κ2) is 7.62. The number of benzene rings is 1. The van der Waals surface area contributed by atoms with E-state index >= 15 is 0 Å². The highest BCUT2D eigenvalue weighted by molar-refractivity contribution is 6.05. The molecule has 1 aliphatic carbocycles. The van der Waals surface area contributed by atoms with Gasteiger partial charge in [-0.15, -0.1) is 0 Å². The third-order valence-corrected chi connectivity index (χ3v) is 6.24. The predicted octanol–water partition coefficient (Wildman–Crippen LogP) is 5.09. The van der Waals surface area contributed by atoms with Crippen LogP contribution in [0.15, 0.2) is 42.6 Å². The summed E-state index contributed by atoms with van der Waals surface area (Å²) in [4.78, 5) is 20.8. The molecule has 0 N–H and O–H groups in total. The molecule has 29 heavy (non-hydrogen) atoms. The Hall–Kier alpha value is -2.69. The molecule has 150 valence electrons. The second-order valence-corrected chi connectivity index (χ2v) is 8.39. The molecule has 3 heterocycles. The molecule has 1 aromatic carbocycles.